The van der Waals surface area contributed by atoms with E-state index in [0.29, 0.717) is 0 Å². The van der Waals surface area contributed by atoms with Gasteiger partial charge in [-0.05, 0) is 0 Å². The molecule has 50 valence electrons. The number of carbonyl (C=O) groups is 1. The van der Waals surface area contributed by atoms with Crippen molar-refractivity contribution >= 4 is 51.5 Å². The van der Waals surface area contributed by atoms with Crippen LogP contribution in [0.4, 0.5) is 0 Å². The predicted octanol–water partition coefficient (Wildman–Crippen LogP) is -1.12. The number of phosphoric ester groups is 1. The van der Waals surface area contributed by atoms with Crippen molar-refractivity contribution < 1.29 is 23.7 Å². The molecule has 0 saturated heterocycles. The Bertz CT molecular complexity index is 141. The van der Waals surface area contributed by atoms with Crippen LogP contribution in [-0.2, 0) is 13.9 Å². The summed E-state index contributed by atoms with van der Waals surface area (Å²) in [6.45, 7) is 0.916. The quantitative estimate of drug-likeness (QED) is 0.369. The molecule has 5 nitrogen and oxygen atoms in total. The Morgan fingerprint density at radius 1 is 1.40 bits per heavy atom. The summed E-state index contributed by atoms with van der Waals surface area (Å²) in [4.78, 5) is 25.5. The molecule has 0 aliphatic rings. The van der Waals surface area contributed by atoms with E-state index in [2.05, 4.69) is 4.52 Å². The third-order valence-corrected chi connectivity index (χ3v) is 0.742. The minimum absolute atomic E-state index is 0. The molecule has 0 fully saturated rings. The summed E-state index contributed by atoms with van der Waals surface area (Å²) in [6, 6.07) is 0. The van der Waals surface area contributed by atoms with Gasteiger partial charge in [0, 0.05) is 44.6 Å². The van der Waals surface area contributed by atoms with E-state index >= 15 is 0 Å². The zero-order chi connectivity index (χ0) is 6.78. The zero-order valence-electron chi connectivity index (χ0n) is 6.07. The van der Waals surface area contributed by atoms with Crippen molar-refractivity contribution in [3.05, 3.63) is 0 Å². The van der Waals surface area contributed by atoms with Gasteiger partial charge in [-0.2, -0.15) is 0 Å². The Hall–Kier alpha value is 0.815. The molecular weight excluding hydrogens is 149 g/mol. The maximum atomic E-state index is 9.74. The average Bonchev–Trinajstić information content (AvgIpc) is 1.21. The first-order valence-electron chi connectivity index (χ1n) is 1.67. The van der Waals surface area contributed by atoms with Gasteiger partial charge >= 0.3 is 13.8 Å². The molecule has 0 rings (SSSR count). The summed E-state index contributed by atoms with van der Waals surface area (Å²) in [5.74, 6) is -0.988. The number of rotatable bonds is 1. The summed E-state index contributed by atoms with van der Waals surface area (Å²) in [6.07, 6.45) is 0. The number of carbonyl (C=O) groups excluding carboxylic acids is 1. The van der Waals surface area contributed by atoms with Crippen molar-refractivity contribution in [1.82, 2.24) is 0 Å². The van der Waals surface area contributed by atoms with Crippen LogP contribution >= 0.6 is 7.82 Å². The first kappa shape index (κ1) is 17.1. The van der Waals surface area contributed by atoms with E-state index in [1.54, 1.807) is 0 Å². The second-order valence-corrected chi connectivity index (χ2v) is 2.24. The fourth-order valence-electron chi connectivity index (χ4n) is 0.167. The van der Waals surface area contributed by atoms with E-state index in [1.165, 1.54) is 0 Å². The Morgan fingerprint density at radius 3 is 1.70 bits per heavy atom. The second-order valence-electron chi connectivity index (χ2n) is 1.07. The molecule has 0 unspecified atom stereocenters. The van der Waals surface area contributed by atoms with Gasteiger partial charge in [0.15, 0.2) is 0 Å². The van der Waals surface area contributed by atoms with Gasteiger partial charge in [-0.25, -0.2) is 4.57 Å². The Kier molecular flexibility index (Phi) is 11.1. The van der Waals surface area contributed by atoms with E-state index in [1.807, 2.05) is 0 Å². The maximum Gasteiger partial charge on any atom is 0.526 e. The minimum Gasteiger partial charge on any atom is -0.371 e. The summed E-state index contributed by atoms with van der Waals surface area (Å²) < 4.78 is 13.2. The van der Waals surface area contributed by atoms with E-state index < -0.39 is 13.8 Å². The van der Waals surface area contributed by atoms with Gasteiger partial charge in [-0.15, -0.1) is 0 Å². The second kappa shape index (κ2) is 6.52. The van der Waals surface area contributed by atoms with E-state index in [-0.39, 0.29) is 37.7 Å². The molecule has 0 bridgehead atoms. The van der Waals surface area contributed by atoms with Crippen molar-refractivity contribution in [2.75, 3.05) is 0 Å². The molecule has 8 heteroatoms. The monoisotopic (exact) mass is 154 g/mol. The fourth-order valence-corrected chi connectivity index (χ4v) is 0.502. The number of hydrogen-bond donors (Lipinski definition) is 2. The minimum atomic E-state index is -4.57. The third-order valence-electron chi connectivity index (χ3n) is 0.247. The van der Waals surface area contributed by atoms with E-state index in [9.17, 15) is 9.36 Å². The standard InChI is InChI=1S/C2H5O5P.2Li/c1-2(3)7-8(4,5)6;;/h1H3,(H2,4,5,6);;. The van der Waals surface area contributed by atoms with Gasteiger partial charge in [0.05, 0.1) is 0 Å². The van der Waals surface area contributed by atoms with Crippen LogP contribution < -0.4 is 0 Å². The van der Waals surface area contributed by atoms with Crippen molar-refractivity contribution in [3.8, 4) is 0 Å². The van der Waals surface area contributed by atoms with Gasteiger partial charge in [0.25, 0.3) is 0 Å². The van der Waals surface area contributed by atoms with Crippen LogP contribution in [0.25, 0.3) is 0 Å². The van der Waals surface area contributed by atoms with Gasteiger partial charge in [0.2, 0.25) is 0 Å². The zero-order valence-corrected chi connectivity index (χ0v) is 6.96. The molecule has 0 aromatic rings. The van der Waals surface area contributed by atoms with E-state index in [0.717, 1.165) is 6.92 Å². The van der Waals surface area contributed by atoms with Crippen molar-refractivity contribution in [2.24, 2.45) is 0 Å². The van der Waals surface area contributed by atoms with Crippen molar-refractivity contribution in [2.45, 2.75) is 6.92 Å². The van der Waals surface area contributed by atoms with E-state index in [4.69, 9.17) is 9.79 Å². The molecule has 0 atom stereocenters. The smallest absolute Gasteiger partial charge is 0.371 e. The van der Waals surface area contributed by atoms with Gasteiger partial charge in [-0.3, -0.25) is 14.6 Å². The first-order chi connectivity index (χ1) is 3.42. The molecule has 0 heterocycles. The summed E-state index contributed by atoms with van der Waals surface area (Å²) in [7, 11) is -4.57. The van der Waals surface area contributed by atoms with Crippen LogP contribution in [0.2, 0.25) is 0 Å². The van der Waals surface area contributed by atoms with Crippen LogP contribution in [-0.4, -0.2) is 53.5 Å². The number of phosphoric acid groups is 1. The Labute approximate surface area is 82.1 Å². The molecule has 0 saturated carbocycles. The van der Waals surface area contributed by atoms with Crippen LogP contribution in [0.15, 0.2) is 0 Å². The molecular formula is C2H5Li2O5P. The van der Waals surface area contributed by atoms with Crippen molar-refractivity contribution in [1.29, 1.82) is 0 Å². The molecule has 10 heavy (non-hydrogen) atoms. The van der Waals surface area contributed by atoms with Crippen LogP contribution in [0, 0.1) is 0 Å². The largest absolute Gasteiger partial charge is 0.526 e. The molecule has 2 N–H and O–H groups in total. The normalized spacial score (nSPS) is 8.70. The molecule has 0 aromatic carbocycles. The number of hydrogen-bond acceptors (Lipinski definition) is 3. The molecule has 0 amide bonds. The van der Waals surface area contributed by atoms with Crippen LogP contribution in [0.5, 0.6) is 0 Å². The predicted molar refractivity (Wildman–Crippen MR) is 35.3 cm³/mol. The SMILES string of the molecule is CC(=O)OP(=O)(O)O.[Li].[Li]. The summed E-state index contributed by atoms with van der Waals surface area (Å²) >= 11 is 0. The van der Waals surface area contributed by atoms with Gasteiger partial charge < -0.3 is 4.52 Å². The van der Waals surface area contributed by atoms with Gasteiger partial charge in [-0.1, -0.05) is 0 Å². The third kappa shape index (κ3) is 15.9. The molecule has 0 aliphatic heterocycles. The summed E-state index contributed by atoms with van der Waals surface area (Å²) in [5.41, 5.74) is 0. The van der Waals surface area contributed by atoms with Gasteiger partial charge in [0.1, 0.15) is 0 Å². The fraction of sp³-hybridized carbons (Fsp3) is 0.500. The maximum absolute atomic E-state index is 9.74. The molecule has 0 spiro atoms. The molecule has 0 aliphatic carbocycles. The first-order valence-corrected chi connectivity index (χ1v) is 3.20. The molecule has 0 aromatic heterocycles. The Balaban J connectivity index is -0.000000245. The summed E-state index contributed by atoms with van der Waals surface area (Å²) in [5, 5.41) is 0. The van der Waals surface area contributed by atoms with Crippen molar-refractivity contribution in [3.63, 3.8) is 0 Å². The topological polar surface area (TPSA) is 83.8 Å². The molecule has 2 radical (unpaired) electrons. The van der Waals surface area contributed by atoms with Crippen LogP contribution in [0.1, 0.15) is 6.92 Å². The average molecular weight is 154 g/mol. The Morgan fingerprint density at radius 2 is 1.70 bits per heavy atom. The van der Waals surface area contributed by atoms with Crippen LogP contribution in [0.3, 0.4) is 0 Å².